The molecule has 0 amide bonds. The van der Waals surface area contributed by atoms with Crippen LogP contribution >= 0.6 is 12.4 Å². The molecule has 5 nitrogen and oxygen atoms in total. The number of rotatable bonds is 9. The van der Waals surface area contributed by atoms with Gasteiger partial charge in [-0.25, -0.2) is 0 Å². The topological polar surface area (TPSA) is 62.2 Å². The Morgan fingerprint density at radius 3 is 2.42 bits per heavy atom. The van der Waals surface area contributed by atoms with Gasteiger partial charge in [0.2, 0.25) is 0 Å². The molecule has 0 saturated heterocycles. The third kappa shape index (κ3) is 6.28. The lowest BCUT2D eigenvalue weighted by atomic mass is 10.2. The Morgan fingerprint density at radius 2 is 1.75 bits per heavy atom. The van der Waals surface area contributed by atoms with Crippen molar-refractivity contribution in [3.8, 4) is 11.5 Å². The minimum atomic E-state index is -0.673. The number of para-hydroxylation sites is 1. The quantitative estimate of drug-likeness (QED) is 0.724. The summed E-state index contributed by atoms with van der Waals surface area (Å²) in [5.41, 5.74) is 0.960. The van der Waals surface area contributed by atoms with Crippen molar-refractivity contribution in [3.05, 3.63) is 54.6 Å². The van der Waals surface area contributed by atoms with Crippen LogP contribution in [-0.2, 0) is 0 Å². The summed E-state index contributed by atoms with van der Waals surface area (Å²) in [4.78, 5) is 1.93. The molecule has 132 valence electrons. The fourth-order valence-electron chi connectivity index (χ4n) is 2.28. The van der Waals surface area contributed by atoms with E-state index in [1.54, 1.807) is 13.2 Å². The molecule has 6 heteroatoms. The number of halogens is 1. The second-order valence-electron chi connectivity index (χ2n) is 5.15. The minimum absolute atomic E-state index is 0. The monoisotopic (exact) mass is 353 g/mol. The number of aliphatic hydroxyl groups is 2. The van der Waals surface area contributed by atoms with E-state index >= 15 is 0 Å². The number of aliphatic hydroxyl groups excluding tert-OH is 2. The number of anilines is 1. The van der Waals surface area contributed by atoms with Crippen molar-refractivity contribution in [2.24, 2.45) is 0 Å². The van der Waals surface area contributed by atoms with Gasteiger partial charge in [-0.2, -0.15) is 0 Å². The molecule has 0 bridgehead atoms. The lowest BCUT2D eigenvalue weighted by molar-refractivity contribution is 0.111. The van der Waals surface area contributed by atoms with Crippen molar-refractivity contribution in [2.45, 2.75) is 6.10 Å². The Bertz CT molecular complexity index is 582. The standard InChI is InChI=1S/C18H23NO4.ClH/c1-22-17-8-5-9-18(12-17)23-14-16(21)13-19(10-11-20)15-6-3-2-4-7-15;/h2-9,12,16,20-21H,10-11,13-14H2,1H3;1H. The first-order chi connectivity index (χ1) is 11.2. The number of hydrogen-bond acceptors (Lipinski definition) is 5. The maximum absolute atomic E-state index is 10.2. The summed E-state index contributed by atoms with van der Waals surface area (Å²) in [6.07, 6.45) is -0.673. The lowest BCUT2D eigenvalue weighted by Gasteiger charge is -2.26. The molecule has 0 spiro atoms. The van der Waals surface area contributed by atoms with Crippen molar-refractivity contribution in [1.29, 1.82) is 0 Å². The zero-order chi connectivity index (χ0) is 16.5. The van der Waals surface area contributed by atoms with Crippen LogP contribution in [0, 0.1) is 0 Å². The van der Waals surface area contributed by atoms with E-state index in [2.05, 4.69) is 0 Å². The van der Waals surface area contributed by atoms with Crippen molar-refractivity contribution >= 4 is 18.1 Å². The molecule has 2 rings (SSSR count). The molecule has 1 unspecified atom stereocenters. The average molecular weight is 354 g/mol. The molecule has 0 radical (unpaired) electrons. The van der Waals surface area contributed by atoms with Crippen LogP contribution in [0.25, 0.3) is 0 Å². The fourth-order valence-corrected chi connectivity index (χ4v) is 2.28. The zero-order valence-electron chi connectivity index (χ0n) is 13.7. The van der Waals surface area contributed by atoms with Crippen molar-refractivity contribution in [2.75, 3.05) is 38.3 Å². The van der Waals surface area contributed by atoms with E-state index in [4.69, 9.17) is 9.47 Å². The highest BCUT2D eigenvalue weighted by Crippen LogP contribution is 2.19. The number of benzene rings is 2. The summed E-state index contributed by atoms with van der Waals surface area (Å²) in [5.74, 6) is 1.36. The first-order valence-electron chi connectivity index (χ1n) is 7.58. The molecule has 0 aliphatic heterocycles. The van der Waals surface area contributed by atoms with E-state index in [9.17, 15) is 10.2 Å². The number of methoxy groups -OCH3 is 1. The molecular formula is C18H24ClNO4. The van der Waals surface area contributed by atoms with Crippen LogP contribution in [0.4, 0.5) is 5.69 Å². The molecular weight excluding hydrogens is 330 g/mol. The molecule has 0 fully saturated rings. The SMILES string of the molecule is COc1cccc(OCC(O)CN(CCO)c2ccccc2)c1.Cl. The molecule has 0 saturated carbocycles. The minimum Gasteiger partial charge on any atom is -0.497 e. The summed E-state index contributed by atoms with van der Waals surface area (Å²) in [7, 11) is 1.60. The molecule has 24 heavy (non-hydrogen) atoms. The maximum Gasteiger partial charge on any atom is 0.123 e. The summed E-state index contributed by atoms with van der Waals surface area (Å²) < 4.78 is 10.7. The van der Waals surface area contributed by atoms with Gasteiger partial charge in [0, 0.05) is 24.8 Å². The van der Waals surface area contributed by atoms with Gasteiger partial charge in [-0.1, -0.05) is 24.3 Å². The molecule has 0 aliphatic carbocycles. The molecule has 0 aromatic heterocycles. The molecule has 2 N–H and O–H groups in total. The van der Waals surface area contributed by atoms with Crippen LogP contribution in [0.3, 0.4) is 0 Å². The summed E-state index contributed by atoms with van der Waals surface area (Å²) in [6.45, 7) is 1.04. The predicted molar refractivity (Wildman–Crippen MR) is 97.5 cm³/mol. The van der Waals surface area contributed by atoms with Crippen LogP contribution in [-0.4, -0.2) is 49.7 Å². The van der Waals surface area contributed by atoms with Crippen LogP contribution in [0.15, 0.2) is 54.6 Å². The number of hydrogen-bond donors (Lipinski definition) is 2. The van der Waals surface area contributed by atoms with Gasteiger partial charge in [-0.3, -0.25) is 0 Å². The van der Waals surface area contributed by atoms with E-state index in [1.807, 2.05) is 53.4 Å². The molecule has 0 heterocycles. The van der Waals surface area contributed by atoms with Gasteiger partial charge in [-0.15, -0.1) is 12.4 Å². The van der Waals surface area contributed by atoms with Gasteiger partial charge in [-0.05, 0) is 24.3 Å². The van der Waals surface area contributed by atoms with Crippen LogP contribution in [0.2, 0.25) is 0 Å². The second-order valence-corrected chi connectivity index (χ2v) is 5.15. The Kier molecular flexibility index (Phi) is 9.01. The maximum atomic E-state index is 10.2. The van der Waals surface area contributed by atoms with Crippen molar-refractivity contribution in [1.82, 2.24) is 0 Å². The molecule has 0 aliphatic rings. The average Bonchev–Trinajstić information content (AvgIpc) is 2.60. The highest BCUT2D eigenvalue weighted by molar-refractivity contribution is 5.85. The summed E-state index contributed by atoms with van der Waals surface area (Å²) in [6, 6.07) is 17.0. The van der Waals surface area contributed by atoms with E-state index < -0.39 is 6.10 Å². The first-order valence-corrected chi connectivity index (χ1v) is 7.58. The number of ether oxygens (including phenoxy) is 2. The van der Waals surface area contributed by atoms with Crippen molar-refractivity contribution in [3.63, 3.8) is 0 Å². The van der Waals surface area contributed by atoms with Crippen LogP contribution in [0.1, 0.15) is 0 Å². The lowest BCUT2D eigenvalue weighted by Crippen LogP contribution is -2.37. The van der Waals surface area contributed by atoms with Crippen LogP contribution < -0.4 is 14.4 Å². The van der Waals surface area contributed by atoms with Gasteiger partial charge in [0.1, 0.15) is 24.2 Å². The Labute approximate surface area is 148 Å². The van der Waals surface area contributed by atoms with Gasteiger partial charge >= 0.3 is 0 Å². The zero-order valence-corrected chi connectivity index (χ0v) is 14.5. The van der Waals surface area contributed by atoms with Gasteiger partial charge in [0.25, 0.3) is 0 Å². The van der Waals surface area contributed by atoms with E-state index in [-0.39, 0.29) is 25.6 Å². The van der Waals surface area contributed by atoms with Crippen LogP contribution in [0.5, 0.6) is 11.5 Å². The van der Waals surface area contributed by atoms with E-state index in [0.29, 0.717) is 24.6 Å². The molecule has 2 aromatic rings. The third-order valence-electron chi connectivity index (χ3n) is 3.41. The molecule has 1 atom stereocenters. The van der Waals surface area contributed by atoms with Gasteiger partial charge < -0.3 is 24.6 Å². The highest BCUT2D eigenvalue weighted by atomic mass is 35.5. The van der Waals surface area contributed by atoms with Crippen molar-refractivity contribution < 1.29 is 19.7 Å². The van der Waals surface area contributed by atoms with E-state index in [0.717, 1.165) is 5.69 Å². The summed E-state index contributed by atoms with van der Waals surface area (Å²) in [5, 5.41) is 19.4. The Balaban J connectivity index is 0.00000288. The second kappa shape index (κ2) is 10.8. The van der Waals surface area contributed by atoms with E-state index in [1.165, 1.54) is 0 Å². The number of nitrogens with zero attached hydrogens (tertiary/aromatic N) is 1. The summed E-state index contributed by atoms with van der Waals surface area (Å²) >= 11 is 0. The molecule has 2 aromatic carbocycles. The Hall–Kier alpha value is -1.95. The Morgan fingerprint density at radius 1 is 1.04 bits per heavy atom. The smallest absolute Gasteiger partial charge is 0.123 e. The first kappa shape index (κ1) is 20.1. The highest BCUT2D eigenvalue weighted by Gasteiger charge is 2.13. The van der Waals surface area contributed by atoms with Gasteiger partial charge in [0.15, 0.2) is 0 Å². The van der Waals surface area contributed by atoms with Gasteiger partial charge in [0.05, 0.1) is 13.7 Å². The predicted octanol–water partition coefficient (Wildman–Crippen LogP) is 2.36. The third-order valence-corrected chi connectivity index (χ3v) is 3.41. The normalized spacial score (nSPS) is 11.3. The largest absolute Gasteiger partial charge is 0.497 e. The fraction of sp³-hybridized carbons (Fsp3) is 0.333.